The lowest BCUT2D eigenvalue weighted by atomic mass is 9.79. The fourth-order valence-corrected chi connectivity index (χ4v) is 4.87. The van der Waals surface area contributed by atoms with Crippen LogP contribution in [0.25, 0.3) is 0 Å². The van der Waals surface area contributed by atoms with Gasteiger partial charge in [-0.3, -0.25) is 19.8 Å². The van der Waals surface area contributed by atoms with Crippen molar-refractivity contribution < 1.29 is 14.1 Å². The fraction of sp³-hybridized carbons (Fsp3) is 0.450. The molecule has 1 unspecified atom stereocenters. The summed E-state index contributed by atoms with van der Waals surface area (Å²) >= 11 is 1.41. The average molecular weight is 401 g/mol. The van der Waals surface area contributed by atoms with Gasteiger partial charge in [0.2, 0.25) is 11.8 Å². The average Bonchev–Trinajstić information content (AvgIpc) is 3.11. The maximum absolute atomic E-state index is 12.7. The van der Waals surface area contributed by atoms with Crippen LogP contribution >= 0.6 is 11.8 Å². The lowest BCUT2D eigenvalue weighted by molar-refractivity contribution is -0.114. The van der Waals surface area contributed by atoms with Crippen LogP contribution in [-0.2, 0) is 4.79 Å². The minimum absolute atomic E-state index is 0.0171. The van der Waals surface area contributed by atoms with Gasteiger partial charge < -0.3 is 9.84 Å². The van der Waals surface area contributed by atoms with E-state index in [1.165, 1.54) is 31.5 Å². The van der Waals surface area contributed by atoms with Crippen LogP contribution < -0.4 is 10.6 Å². The van der Waals surface area contributed by atoms with Crippen LogP contribution in [-0.4, -0.2) is 47.0 Å². The minimum Gasteiger partial charge on any atom is -0.347 e. The lowest BCUT2D eigenvalue weighted by Gasteiger charge is -2.49. The number of amides is 2. The van der Waals surface area contributed by atoms with E-state index in [1.54, 1.807) is 6.07 Å². The third-order valence-corrected chi connectivity index (χ3v) is 6.51. The van der Waals surface area contributed by atoms with Crippen molar-refractivity contribution in [3.63, 3.8) is 0 Å². The summed E-state index contributed by atoms with van der Waals surface area (Å²) in [4.78, 5) is 27.2. The number of rotatable bonds is 5. The van der Waals surface area contributed by atoms with Crippen molar-refractivity contribution in [1.29, 1.82) is 0 Å². The van der Waals surface area contributed by atoms with Crippen LogP contribution in [0.4, 0.5) is 5.88 Å². The molecule has 3 saturated heterocycles. The number of nitrogens with one attached hydrogen (secondary N) is 2. The second kappa shape index (κ2) is 7.97. The lowest BCUT2D eigenvalue weighted by Crippen LogP contribution is -2.62. The molecule has 4 heterocycles. The summed E-state index contributed by atoms with van der Waals surface area (Å²) in [6.07, 6.45) is 2.34. The molecule has 28 heavy (non-hydrogen) atoms. The molecule has 3 aliphatic rings. The van der Waals surface area contributed by atoms with Crippen molar-refractivity contribution in [2.45, 2.75) is 48.7 Å². The number of carbonyl (C=O) groups excluding carboxylic acids is 2. The van der Waals surface area contributed by atoms with Gasteiger partial charge in [0, 0.05) is 35.5 Å². The number of anilines is 1. The van der Waals surface area contributed by atoms with E-state index in [2.05, 4.69) is 27.6 Å². The molecule has 5 rings (SSSR count). The molecule has 2 amide bonds. The normalized spacial score (nSPS) is 26.1. The predicted octanol–water partition coefficient (Wildman–Crippen LogP) is 3.00. The number of aromatic nitrogens is 1. The van der Waals surface area contributed by atoms with Crippen molar-refractivity contribution in [2.75, 3.05) is 18.4 Å². The van der Waals surface area contributed by atoms with Gasteiger partial charge in [-0.25, -0.2) is 0 Å². The van der Waals surface area contributed by atoms with E-state index in [4.69, 9.17) is 4.52 Å². The molecule has 0 saturated carbocycles. The van der Waals surface area contributed by atoms with Crippen LogP contribution in [0, 0.1) is 5.92 Å². The Labute approximate surface area is 168 Å². The number of nitrogens with zero attached hydrogens (tertiary/aromatic N) is 2. The molecule has 1 aromatic carbocycles. The Balaban J connectivity index is 1.37. The van der Waals surface area contributed by atoms with E-state index in [9.17, 15) is 9.59 Å². The summed E-state index contributed by atoms with van der Waals surface area (Å²) in [6, 6.07) is 9.75. The Morgan fingerprint density at radius 1 is 1.21 bits per heavy atom. The largest absolute Gasteiger partial charge is 0.347 e. The van der Waals surface area contributed by atoms with E-state index in [1.807, 2.05) is 24.3 Å². The highest BCUT2D eigenvalue weighted by atomic mass is 32.2. The monoisotopic (exact) mass is 400 g/mol. The standard InChI is InChI=1S/C20H24N4O3S/c1-12-19(14-7-9-24(12)10-8-14)22-20(26)15-3-5-16(6-4-15)28-18-11-17(27-23-18)21-13(2)25/h3-6,11-12,14,19H,7-10H2,1-2H3,(H,21,25)(H,22,26)/t12?,19-/m0/s1. The molecule has 1 aromatic heterocycles. The van der Waals surface area contributed by atoms with Crippen molar-refractivity contribution >= 4 is 29.5 Å². The fourth-order valence-electron chi connectivity index (χ4n) is 4.11. The molecule has 2 aromatic rings. The summed E-state index contributed by atoms with van der Waals surface area (Å²) in [5.41, 5.74) is 0.659. The molecule has 0 aliphatic carbocycles. The number of piperidine rings is 3. The van der Waals surface area contributed by atoms with Gasteiger partial charge in [-0.2, -0.15) is 0 Å². The molecule has 3 fully saturated rings. The SMILES string of the molecule is CC(=O)Nc1cc(Sc2ccc(C(=O)N[C@@H]3C4CCN(CC4)C3C)cc2)no1. The summed E-state index contributed by atoms with van der Waals surface area (Å²) in [6.45, 7) is 5.92. The molecule has 7 nitrogen and oxygen atoms in total. The topological polar surface area (TPSA) is 87.5 Å². The van der Waals surface area contributed by atoms with Crippen molar-refractivity contribution in [2.24, 2.45) is 5.92 Å². The molecule has 0 radical (unpaired) electrons. The highest BCUT2D eigenvalue weighted by Gasteiger charge is 2.40. The Bertz CT molecular complexity index is 857. The maximum atomic E-state index is 12.7. The van der Waals surface area contributed by atoms with Gasteiger partial charge in [0.25, 0.3) is 5.91 Å². The van der Waals surface area contributed by atoms with Gasteiger partial charge in [-0.1, -0.05) is 16.9 Å². The molecule has 2 bridgehead atoms. The van der Waals surface area contributed by atoms with Crippen LogP contribution in [0.5, 0.6) is 0 Å². The zero-order valence-corrected chi connectivity index (χ0v) is 16.8. The van der Waals surface area contributed by atoms with Crippen LogP contribution in [0.3, 0.4) is 0 Å². The molecular weight excluding hydrogens is 376 g/mol. The quantitative estimate of drug-likeness (QED) is 0.802. The minimum atomic E-state index is -0.208. The third-order valence-electron chi connectivity index (χ3n) is 5.60. The molecule has 2 N–H and O–H groups in total. The van der Waals surface area contributed by atoms with E-state index >= 15 is 0 Å². The third kappa shape index (κ3) is 4.07. The van der Waals surface area contributed by atoms with E-state index in [0.29, 0.717) is 28.4 Å². The van der Waals surface area contributed by atoms with Gasteiger partial charge in [-0.15, -0.1) is 0 Å². The second-order valence-corrected chi connectivity index (χ2v) is 8.54. The van der Waals surface area contributed by atoms with Crippen molar-refractivity contribution in [3.8, 4) is 0 Å². The smallest absolute Gasteiger partial charge is 0.251 e. The summed E-state index contributed by atoms with van der Waals surface area (Å²) < 4.78 is 5.06. The highest BCUT2D eigenvalue weighted by Crippen LogP contribution is 2.32. The van der Waals surface area contributed by atoms with Crippen molar-refractivity contribution in [1.82, 2.24) is 15.4 Å². The Morgan fingerprint density at radius 3 is 2.57 bits per heavy atom. The number of carbonyl (C=O) groups is 2. The molecule has 8 heteroatoms. The van der Waals surface area contributed by atoms with E-state index in [0.717, 1.165) is 18.0 Å². The first-order chi connectivity index (χ1) is 13.5. The highest BCUT2D eigenvalue weighted by molar-refractivity contribution is 7.99. The molecule has 0 spiro atoms. The Hall–Kier alpha value is -2.32. The van der Waals surface area contributed by atoms with Gasteiger partial charge in [0.1, 0.15) is 5.03 Å². The predicted molar refractivity (Wildman–Crippen MR) is 106 cm³/mol. The number of benzene rings is 1. The first-order valence-electron chi connectivity index (χ1n) is 9.57. The van der Waals surface area contributed by atoms with Crippen molar-refractivity contribution in [3.05, 3.63) is 35.9 Å². The molecule has 148 valence electrons. The summed E-state index contributed by atoms with van der Waals surface area (Å²) in [5.74, 6) is 0.679. The van der Waals surface area contributed by atoms with Gasteiger partial charge >= 0.3 is 0 Å². The first kappa shape index (κ1) is 19.0. The van der Waals surface area contributed by atoms with E-state index < -0.39 is 0 Å². The van der Waals surface area contributed by atoms with Crippen LogP contribution in [0.15, 0.2) is 44.8 Å². The summed E-state index contributed by atoms with van der Waals surface area (Å²) in [7, 11) is 0. The number of hydrogen-bond acceptors (Lipinski definition) is 6. The van der Waals surface area contributed by atoms with Gasteiger partial charge in [-0.05, 0) is 63.0 Å². The Kier molecular flexibility index (Phi) is 5.41. The molecular formula is C20H24N4O3S. The molecule has 2 atom stereocenters. The zero-order valence-electron chi connectivity index (χ0n) is 16.0. The summed E-state index contributed by atoms with van der Waals surface area (Å²) in [5, 5.41) is 10.4. The van der Waals surface area contributed by atoms with Gasteiger partial charge in [0.15, 0.2) is 0 Å². The second-order valence-electron chi connectivity index (χ2n) is 7.45. The van der Waals surface area contributed by atoms with Crippen LogP contribution in [0.1, 0.15) is 37.0 Å². The number of hydrogen-bond donors (Lipinski definition) is 2. The Morgan fingerprint density at radius 2 is 1.93 bits per heavy atom. The van der Waals surface area contributed by atoms with Crippen LogP contribution in [0.2, 0.25) is 0 Å². The maximum Gasteiger partial charge on any atom is 0.251 e. The van der Waals surface area contributed by atoms with Gasteiger partial charge in [0.05, 0.1) is 0 Å². The number of fused-ring (bicyclic) bond motifs is 3. The first-order valence-corrected chi connectivity index (χ1v) is 10.4. The molecule has 3 aliphatic heterocycles. The zero-order chi connectivity index (χ0) is 19.7. The van der Waals surface area contributed by atoms with E-state index in [-0.39, 0.29) is 17.9 Å².